The second kappa shape index (κ2) is 5.06. The van der Waals surface area contributed by atoms with Gasteiger partial charge < -0.3 is 9.72 Å². The molecule has 2 heterocycles. The molecule has 0 bridgehead atoms. The van der Waals surface area contributed by atoms with E-state index in [9.17, 15) is 0 Å². The van der Waals surface area contributed by atoms with Gasteiger partial charge in [-0.2, -0.15) is 0 Å². The van der Waals surface area contributed by atoms with Crippen LogP contribution in [0.15, 0.2) is 0 Å². The van der Waals surface area contributed by atoms with Crippen molar-refractivity contribution >= 4 is 12.2 Å². The molecule has 0 aromatic carbocycles. The Morgan fingerprint density at radius 3 is 3.06 bits per heavy atom. The molecule has 0 saturated heterocycles. The molecule has 1 N–H and O–H groups in total. The first-order chi connectivity index (χ1) is 7.66. The highest BCUT2D eigenvalue weighted by Crippen LogP contribution is 2.16. The average molecular weight is 238 g/mol. The van der Waals surface area contributed by atoms with E-state index in [1.165, 1.54) is 5.69 Å². The summed E-state index contributed by atoms with van der Waals surface area (Å²) in [5.41, 5.74) is 2.31. The molecule has 0 unspecified atom stereocenters. The highest BCUT2D eigenvalue weighted by molar-refractivity contribution is 7.71. The Balaban J connectivity index is 2.22. The summed E-state index contributed by atoms with van der Waals surface area (Å²) in [7, 11) is 0. The lowest BCUT2D eigenvalue weighted by molar-refractivity contribution is 0.108. The van der Waals surface area contributed by atoms with E-state index >= 15 is 0 Å². The van der Waals surface area contributed by atoms with Gasteiger partial charge in [-0.05, 0) is 12.3 Å². The Kier molecular flexibility index (Phi) is 3.71. The van der Waals surface area contributed by atoms with Gasteiger partial charge in [0.25, 0.3) is 0 Å². The number of hydrogen-bond acceptors (Lipinski definition) is 3. The summed E-state index contributed by atoms with van der Waals surface area (Å²) >= 11 is 5.30. The molecule has 0 spiro atoms. The average Bonchev–Trinajstić information content (AvgIpc) is 2.26. The van der Waals surface area contributed by atoms with Gasteiger partial charge in [-0.1, -0.05) is 26.1 Å². The lowest BCUT2D eigenvalue weighted by atomic mass is 10.1. The van der Waals surface area contributed by atoms with Gasteiger partial charge >= 0.3 is 0 Å². The summed E-state index contributed by atoms with van der Waals surface area (Å²) < 4.78 is 6.10. The summed E-state index contributed by atoms with van der Waals surface area (Å²) in [4.78, 5) is 7.84. The van der Waals surface area contributed by atoms with Crippen LogP contribution in [0.4, 0.5) is 0 Å². The fraction of sp³-hybridized carbons (Fsp3) is 0.667. The van der Waals surface area contributed by atoms with E-state index in [0.717, 1.165) is 37.3 Å². The zero-order valence-corrected chi connectivity index (χ0v) is 10.7. The van der Waals surface area contributed by atoms with Crippen molar-refractivity contribution in [1.82, 2.24) is 9.97 Å². The van der Waals surface area contributed by atoms with Crippen LogP contribution in [-0.2, 0) is 24.2 Å². The number of rotatable bonds is 3. The fourth-order valence-corrected chi connectivity index (χ4v) is 2.14. The first-order valence-corrected chi connectivity index (χ1v) is 6.26. The van der Waals surface area contributed by atoms with Crippen molar-refractivity contribution in [3.05, 3.63) is 21.7 Å². The molecule has 3 nitrogen and oxygen atoms in total. The van der Waals surface area contributed by atoms with E-state index in [2.05, 4.69) is 23.8 Å². The van der Waals surface area contributed by atoms with Crippen LogP contribution in [0.25, 0.3) is 0 Å². The molecule has 4 heteroatoms. The maximum absolute atomic E-state index is 5.39. The van der Waals surface area contributed by atoms with Crippen molar-refractivity contribution in [3.8, 4) is 0 Å². The summed E-state index contributed by atoms with van der Waals surface area (Å²) in [6, 6.07) is 0. The normalized spacial score (nSPS) is 15.2. The van der Waals surface area contributed by atoms with Crippen molar-refractivity contribution < 1.29 is 4.74 Å². The SMILES string of the molecule is CC(C)CCc1nc(=S)c2c([nH]1)CCOC2. The molecular weight excluding hydrogens is 220 g/mol. The molecule has 88 valence electrons. The van der Waals surface area contributed by atoms with Gasteiger partial charge in [0.15, 0.2) is 0 Å². The van der Waals surface area contributed by atoms with Crippen LogP contribution >= 0.6 is 12.2 Å². The predicted octanol–water partition coefficient (Wildman–Crippen LogP) is 2.80. The van der Waals surface area contributed by atoms with Crippen LogP contribution in [-0.4, -0.2) is 16.6 Å². The summed E-state index contributed by atoms with van der Waals surface area (Å²) in [5.74, 6) is 1.72. The molecule has 0 radical (unpaired) electrons. The molecule has 0 atom stereocenters. The Bertz CT molecular complexity index is 426. The molecule has 2 rings (SSSR count). The topological polar surface area (TPSA) is 37.9 Å². The molecular formula is C12H18N2OS. The highest BCUT2D eigenvalue weighted by atomic mass is 32.1. The fourth-order valence-electron chi connectivity index (χ4n) is 1.85. The molecule has 1 aromatic heterocycles. The number of nitrogens with zero attached hydrogens (tertiary/aromatic N) is 1. The molecule has 0 aliphatic carbocycles. The van der Waals surface area contributed by atoms with E-state index in [1.54, 1.807) is 0 Å². The van der Waals surface area contributed by atoms with Gasteiger partial charge in [-0.15, -0.1) is 0 Å². The summed E-state index contributed by atoms with van der Waals surface area (Å²) in [6.07, 6.45) is 3.05. The Hall–Kier alpha value is -0.740. The molecule has 0 amide bonds. The second-order valence-electron chi connectivity index (χ2n) is 4.68. The van der Waals surface area contributed by atoms with E-state index in [4.69, 9.17) is 17.0 Å². The maximum Gasteiger partial charge on any atom is 0.135 e. The molecule has 1 aliphatic rings. The van der Waals surface area contributed by atoms with E-state index < -0.39 is 0 Å². The Morgan fingerprint density at radius 1 is 1.50 bits per heavy atom. The zero-order valence-electron chi connectivity index (χ0n) is 9.88. The van der Waals surface area contributed by atoms with E-state index in [1.807, 2.05) is 0 Å². The van der Waals surface area contributed by atoms with Crippen molar-refractivity contribution in [2.24, 2.45) is 5.92 Å². The van der Waals surface area contributed by atoms with Crippen molar-refractivity contribution in [2.75, 3.05) is 6.61 Å². The number of hydrogen-bond donors (Lipinski definition) is 1. The smallest absolute Gasteiger partial charge is 0.135 e. The maximum atomic E-state index is 5.39. The third-order valence-electron chi connectivity index (χ3n) is 2.86. The lowest BCUT2D eigenvalue weighted by Gasteiger charge is -2.17. The van der Waals surface area contributed by atoms with Crippen LogP contribution in [0.3, 0.4) is 0 Å². The largest absolute Gasteiger partial charge is 0.376 e. The molecule has 0 fully saturated rings. The van der Waals surface area contributed by atoms with Crippen LogP contribution in [0.2, 0.25) is 0 Å². The van der Waals surface area contributed by atoms with Gasteiger partial charge in [0.05, 0.1) is 13.2 Å². The van der Waals surface area contributed by atoms with Crippen molar-refractivity contribution in [1.29, 1.82) is 0 Å². The quantitative estimate of drug-likeness (QED) is 0.823. The van der Waals surface area contributed by atoms with Crippen molar-refractivity contribution in [2.45, 2.75) is 39.7 Å². The lowest BCUT2D eigenvalue weighted by Crippen LogP contribution is -2.15. The third kappa shape index (κ3) is 2.68. The Labute approximate surface area is 101 Å². The van der Waals surface area contributed by atoms with Gasteiger partial charge in [-0.3, -0.25) is 0 Å². The number of aryl methyl sites for hydroxylation is 1. The van der Waals surface area contributed by atoms with Crippen molar-refractivity contribution in [3.63, 3.8) is 0 Å². The summed E-state index contributed by atoms with van der Waals surface area (Å²) in [6.45, 7) is 5.84. The minimum absolute atomic E-state index is 0.613. The highest BCUT2D eigenvalue weighted by Gasteiger charge is 2.13. The molecule has 0 saturated carbocycles. The van der Waals surface area contributed by atoms with Gasteiger partial charge in [0, 0.05) is 24.1 Å². The van der Waals surface area contributed by atoms with Gasteiger partial charge in [0.2, 0.25) is 0 Å². The van der Waals surface area contributed by atoms with Gasteiger partial charge in [-0.25, -0.2) is 4.98 Å². The Morgan fingerprint density at radius 2 is 2.31 bits per heavy atom. The second-order valence-corrected chi connectivity index (χ2v) is 5.07. The standard InChI is InChI=1S/C12H18N2OS/c1-8(2)3-4-11-13-10-5-6-15-7-9(10)12(16)14-11/h8H,3-7H2,1-2H3,(H,13,14,16). The molecule has 1 aliphatic heterocycles. The monoisotopic (exact) mass is 238 g/mol. The first-order valence-electron chi connectivity index (χ1n) is 5.85. The van der Waals surface area contributed by atoms with Gasteiger partial charge in [0.1, 0.15) is 10.5 Å². The first kappa shape index (κ1) is 11.7. The van der Waals surface area contributed by atoms with Crippen LogP contribution in [0.1, 0.15) is 37.4 Å². The third-order valence-corrected chi connectivity index (χ3v) is 3.19. The number of H-pyrrole nitrogens is 1. The summed E-state index contributed by atoms with van der Waals surface area (Å²) in [5, 5.41) is 0. The van der Waals surface area contributed by atoms with Crippen LogP contribution in [0, 0.1) is 10.6 Å². The number of aromatic nitrogens is 2. The van der Waals surface area contributed by atoms with E-state index in [0.29, 0.717) is 17.2 Å². The number of nitrogens with one attached hydrogen (secondary N) is 1. The molecule has 16 heavy (non-hydrogen) atoms. The zero-order chi connectivity index (χ0) is 11.5. The van der Waals surface area contributed by atoms with Crippen LogP contribution in [0.5, 0.6) is 0 Å². The number of ether oxygens (including phenoxy) is 1. The minimum Gasteiger partial charge on any atom is -0.376 e. The minimum atomic E-state index is 0.613. The van der Waals surface area contributed by atoms with E-state index in [-0.39, 0.29) is 0 Å². The molecule has 1 aromatic rings. The number of aromatic amines is 1. The predicted molar refractivity (Wildman–Crippen MR) is 65.9 cm³/mol. The van der Waals surface area contributed by atoms with Crippen LogP contribution < -0.4 is 0 Å². The number of fused-ring (bicyclic) bond motifs is 1.